The van der Waals surface area contributed by atoms with Crippen molar-refractivity contribution < 1.29 is 17.6 Å². The van der Waals surface area contributed by atoms with Crippen LogP contribution >= 0.6 is 15.9 Å². The lowest BCUT2D eigenvalue weighted by Crippen LogP contribution is -2.13. The number of benzene rings is 2. The molecule has 128 valence electrons. The van der Waals surface area contributed by atoms with Crippen LogP contribution in [-0.2, 0) is 16.4 Å². The fourth-order valence-corrected chi connectivity index (χ4v) is 4.70. The molecule has 0 bridgehead atoms. The van der Waals surface area contributed by atoms with Gasteiger partial charge in [-0.3, -0.25) is 9.52 Å². The maximum Gasteiger partial charge on any atom is 0.261 e. The van der Waals surface area contributed by atoms with Gasteiger partial charge in [0.2, 0.25) is 0 Å². The number of carbonyl (C=O) groups excluding carboxylic acids is 1. The first-order chi connectivity index (χ1) is 12.0. The quantitative estimate of drug-likeness (QED) is 0.676. The third kappa shape index (κ3) is 2.87. The third-order valence-corrected chi connectivity index (χ3v) is 6.20. The summed E-state index contributed by atoms with van der Waals surface area (Å²) in [5.41, 5.74) is 1.52. The summed E-state index contributed by atoms with van der Waals surface area (Å²) in [5.74, 6) is 0.713. The number of anilines is 1. The van der Waals surface area contributed by atoms with E-state index in [9.17, 15) is 13.2 Å². The van der Waals surface area contributed by atoms with E-state index in [1.54, 1.807) is 30.3 Å². The fourth-order valence-electron chi connectivity index (χ4n) is 3.10. The predicted molar refractivity (Wildman–Crippen MR) is 98.4 cm³/mol. The Kier molecular flexibility index (Phi) is 3.92. The number of hydrogen-bond donors (Lipinski definition) is 1. The number of rotatable bonds is 3. The zero-order valence-electron chi connectivity index (χ0n) is 13.1. The van der Waals surface area contributed by atoms with E-state index < -0.39 is 10.0 Å². The molecular weight excluding hydrogens is 406 g/mol. The number of halogens is 1. The first-order valence-corrected chi connectivity index (χ1v) is 10.1. The number of hydrogen-bond acceptors (Lipinski definition) is 4. The lowest BCUT2D eigenvalue weighted by Gasteiger charge is -2.10. The maximum absolute atomic E-state index is 12.5. The van der Waals surface area contributed by atoms with Gasteiger partial charge >= 0.3 is 0 Å². The molecule has 5 nitrogen and oxygen atoms in total. The lowest BCUT2D eigenvalue weighted by molar-refractivity contribution is 0.0971. The molecule has 2 aromatic carbocycles. The van der Waals surface area contributed by atoms with E-state index in [-0.39, 0.29) is 10.7 Å². The predicted octanol–water partition coefficient (Wildman–Crippen LogP) is 4.52. The second-order valence-electron chi connectivity index (χ2n) is 5.93. The molecule has 4 rings (SSSR count). The van der Waals surface area contributed by atoms with Gasteiger partial charge in [0.25, 0.3) is 10.0 Å². The zero-order chi connectivity index (χ0) is 17.6. The Morgan fingerprint density at radius 2 is 1.84 bits per heavy atom. The number of sulfonamides is 1. The topological polar surface area (TPSA) is 76.4 Å². The van der Waals surface area contributed by atoms with Crippen LogP contribution in [0.1, 0.15) is 29.0 Å². The van der Waals surface area contributed by atoms with Gasteiger partial charge in [-0.15, -0.1) is 0 Å². The van der Waals surface area contributed by atoms with Crippen LogP contribution in [-0.4, -0.2) is 14.2 Å². The van der Waals surface area contributed by atoms with Crippen molar-refractivity contribution in [2.24, 2.45) is 0 Å². The van der Waals surface area contributed by atoms with Crippen LogP contribution in [0.15, 0.2) is 56.2 Å². The van der Waals surface area contributed by atoms with E-state index in [0.29, 0.717) is 45.3 Å². The number of carbonyl (C=O) groups is 1. The number of furan rings is 1. The van der Waals surface area contributed by atoms with E-state index in [1.807, 2.05) is 0 Å². The molecule has 0 unspecified atom stereocenters. The van der Waals surface area contributed by atoms with Crippen molar-refractivity contribution in [3.8, 4) is 0 Å². The largest absolute Gasteiger partial charge is 0.459 e. The Morgan fingerprint density at radius 3 is 2.60 bits per heavy atom. The third-order valence-electron chi connectivity index (χ3n) is 4.21. The molecule has 1 N–H and O–H groups in total. The minimum atomic E-state index is -3.70. The second kappa shape index (κ2) is 6.00. The minimum absolute atomic E-state index is 0.0370. The summed E-state index contributed by atoms with van der Waals surface area (Å²) < 4.78 is 34.0. The van der Waals surface area contributed by atoms with Gasteiger partial charge in [0.1, 0.15) is 11.3 Å². The van der Waals surface area contributed by atoms with Crippen LogP contribution in [0.3, 0.4) is 0 Å². The lowest BCUT2D eigenvalue weighted by atomic mass is 9.94. The summed E-state index contributed by atoms with van der Waals surface area (Å²) in [6.07, 6.45) is 1.98. The minimum Gasteiger partial charge on any atom is -0.459 e. The van der Waals surface area contributed by atoms with Gasteiger partial charge in [-0.1, -0.05) is 18.2 Å². The van der Waals surface area contributed by atoms with Gasteiger partial charge in [0.05, 0.1) is 20.6 Å². The fraction of sp³-hybridized carbons (Fsp3) is 0.167. The van der Waals surface area contributed by atoms with E-state index in [2.05, 4.69) is 20.7 Å². The van der Waals surface area contributed by atoms with Gasteiger partial charge in [-0.2, -0.15) is 0 Å². The van der Waals surface area contributed by atoms with Crippen molar-refractivity contribution in [1.82, 2.24) is 0 Å². The molecule has 0 radical (unpaired) electrons. The highest BCUT2D eigenvalue weighted by molar-refractivity contribution is 9.10. The highest BCUT2D eigenvalue weighted by Crippen LogP contribution is 2.38. The second-order valence-corrected chi connectivity index (χ2v) is 8.47. The number of nitrogens with one attached hydrogen (secondary N) is 1. The molecular formula is C18H14BrNO4S. The molecule has 1 aliphatic carbocycles. The Bertz CT molecular complexity index is 1090. The Morgan fingerprint density at radius 1 is 1.08 bits per heavy atom. The molecule has 3 aromatic rings. The van der Waals surface area contributed by atoms with Crippen molar-refractivity contribution >= 4 is 48.4 Å². The van der Waals surface area contributed by atoms with Crippen molar-refractivity contribution in [2.75, 3.05) is 4.72 Å². The summed E-state index contributed by atoms with van der Waals surface area (Å²) in [5, 5.41) is 0.639. The molecule has 0 aliphatic heterocycles. The highest BCUT2D eigenvalue weighted by atomic mass is 79.9. The standard InChI is InChI=1S/C18H14BrNO4S/c19-14-10-11(20-25(22,23)12-5-2-1-3-6-12)9-13-17-15(21)7-4-8-16(17)24-18(13)14/h1-3,5-6,9-10,20H,4,7-8H2. The van der Waals surface area contributed by atoms with E-state index in [4.69, 9.17) is 4.42 Å². The summed E-state index contributed by atoms with van der Waals surface area (Å²) >= 11 is 3.42. The molecule has 1 heterocycles. The smallest absolute Gasteiger partial charge is 0.261 e. The highest BCUT2D eigenvalue weighted by Gasteiger charge is 2.26. The summed E-state index contributed by atoms with van der Waals surface area (Å²) in [6.45, 7) is 0. The monoisotopic (exact) mass is 419 g/mol. The molecule has 0 fully saturated rings. The number of aryl methyl sites for hydroxylation is 1. The first-order valence-electron chi connectivity index (χ1n) is 7.82. The molecule has 1 aromatic heterocycles. The molecule has 0 amide bonds. The zero-order valence-corrected chi connectivity index (χ0v) is 15.5. The average Bonchev–Trinajstić information content (AvgIpc) is 2.96. The Labute approximate surface area is 153 Å². The van der Waals surface area contributed by atoms with Crippen molar-refractivity contribution in [3.05, 3.63) is 58.3 Å². The molecule has 0 spiro atoms. The summed E-state index contributed by atoms with van der Waals surface area (Å²) in [4.78, 5) is 12.5. The van der Waals surface area contributed by atoms with Crippen molar-refractivity contribution in [1.29, 1.82) is 0 Å². The van der Waals surface area contributed by atoms with Crippen LogP contribution in [0.5, 0.6) is 0 Å². The summed E-state index contributed by atoms with van der Waals surface area (Å²) in [7, 11) is -3.70. The molecule has 0 saturated heterocycles. The van der Waals surface area contributed by atoms with E-state index >= 15 is 0 Å². The number of ketones is 1. The normalized spacial score (nSPS) is 14.5. The molecule has 1 aliphatic rings. The summed E-state index contributed by atoms with van der Waals surface area (Å²) in [6, 6.07) is 11.4. The Balaban J connectivity index is 1.81. The van der Waals surface area contributed by atoms with Crippen LogP contribution in [0.2, 0.25) is 0 Å². The van der Waals surface area contributed by atoms with Crippen molar-refractivity contribution in [3.63, 3.8) is 0 Å². The van der Waals surface area contributed by atoms with E-state index in [1.165, 1.54) is 12.1 Å². The molecule has 0 saturated carbocycles. The van der Waals surface area contributed by atoms with Crippen LogP contribution in [0.4, 0.5) is 5.69 Å². The first kappa shape index (κ1) is 16.4. The molecule has 7 heteroatoms. The maximum atomic E-state index is 12.5. The Hall–Kier alpha value is -2.12. The van der Waals surface area contributed by atoms with Gasteiger partial charge in [-0.25, -0.2) is 8.42 Å². The van der Waals surface area contributed by atoms with Crippen LogP contribution < -0.4 is 4.72 Å². The SMILES string of the molecule is O=C1CCCc2oc3c(Br)cc(NS(=O)(=O)c4ccccc4)cc3c21. The molecule has 25 heavy (non-hydrogen) atoms. The van der Waals surface area contributed by atoms with Gasteiger partial charge in [0, 0.05) is 18.2 Å². The average molecular weight is 420 g/mol. The van der Waals surface area contributed by atoms with Gasteiger partial charge in [-0.05, 0) is 46.6 Å². The van der Waals surface area contributed by atoms with Gasteiger partial charge < -0.3 is 4.42 Å². The number of Topliss-reactive ketones (excluding diaryl/α,β-unsaturated/α-hetero) is 1. The number of fused-ring (bicyclic) bond motifs is 3. The van der Waals surface area contributed by atoms with Crippen LogP contribution in [0.25, 0.3) is 11.0 Å². The van der Waals surface area contributed by atoms with Gasteiger partial charge in [0.15, 0.2) is 5.78 Å². The molecule has 0 atom stereocenters. The van der Waals surface area contributed by atoms with Crippen LogP contribution in [0, 0.1) is 0 Å². The van der Waals surface area contributed by atoms with E-state index in [0.717, 1.165) is 6.42 Å². The van der Waals surface area contributed by atoms with Crippen molar-refractivity contribution in [2.45, 2.75) is 24.2 Å².